The summed E-state index contributed by atoms with van der Waals surface area (Å²) in [5, 5.41) is 25.6. The average Bonchev–Trinajstić information content (AvgIpc) is 3.32. The van der Waals surface area contributed by atoms with E-state index in [4.69, 9.17) is 4.74 Å². The van der Waals surface area contributed by atoms with Crippen molar-refractivity contribution in [3.05, 3.63) is 69.1 Å². The van der Waals surface area contributed by atoms with Crippen LogP contribution in [0.5, 0.6) is 11.5 Å². The fourth-order valence-electron chi connectivity index (χ4n) is 4.12. The van der Waals surface area contributed by atoms with Gasteiger partial charge in [0.2, 0.25) is 5.78 Å². The number of non-ortho nitro benzene ring substituents is 1. The van der Waals surface area contributed by atoms with Crippen molar-refractivity contribution >= 4 is 53.3 Å². The Morgan fingerprint density at radius 1 is 1.18 bits per heavy atom. The first-order chi connectivity index (χ1) is 15.0. The number of piperazine rings is 1. The number of H-pyrrole nitrogens is 1. The zero-order chi connectivity index (χ0) is 21.5. The minimum Gasteiger partial charge on any atom is -0.507 e. The maximum absolute atomic E-state index is 13.0. The summed E-state index contributed by atoms with van der Waals surface area (Å²) in [6.07, 6.45) is 3.19. The summed E-state index contributed by atoms with van der Waals surface area (Å²) in [7, 11) is 0. The van der Waals surface area contributed by atoms with Crippen LogP contribution < -0.4 is 10.1 Å². The Morgan fingerprint density at radius 3 is 2.67 bits per heavy atom. The van der Waals surface area contributed by atoms with Gasteiger partial charge in [0.05, 0.1) is 16.1 Å². The van der Waals surface area contributed by atoms with Crippen molar-refractivity contribution in [2.75, 3.05) is 26.2 Å². The van der Waals surface area contributed by atoms with Gasteiger partial charge in [0.1, 0.15) is 17.0 Å². The SMILES string of the molecule is Cl.Cl.O=C1/C(=C/c2c[nH]c3c([N+](=O)[O-])cccc23)Oc2c1ccc(O)c2CN1CCNCC1. The molecule has 11 heteroatoms. The number of aromatic hydroxyl groups is 1. The molecule has 2 aromatic carbocycles. The number of carbonyl (C=O) groups excluding carboxylic acids is 1. The van der Waals surface area contributed by atoms with Gasteiger partial charge in [-0.05, 0) is 18.2 Å². The van der Waals surface area contributed by atoms with Crippen LogP contribution in [-0.2, 0) is 6.54 Å². The number of Topliss-reactive ketones (excluding diaryl/α,β-unsaturated/α-hetero) is 1. The molecule has 5 rings (SSSR count). The van der Waals surface area contributed by atoms with Crippen LogP contribution in [-0.4, -0.2) is 51.9 Å². The zero-order valence-corrected chi connectivity index (χ0v) is 19.0. The van der Waals surface area contributed by atoms with Crippen molar-refractivity contribution in [1.29, 1.82) is 0 Å². The lowest BCUT2D eigenvalue weighted by Gasteiger charge is -2.27. The molecule has 0 radical (unpaired) electrons. The van der Waals surface area contributed by atoms with E-state index in [1.54, 1.807) is 30.5 Å². The number of benzene rings is 2. The van der Waals surface area contributed by atoms with Crippen molar-refractivity contribution in [2.45, 2.75) is 6.54 Å². The molecule has 3 N–H and O–H groups in total. The molecule has 0 unspecified atom stereocenters. The number of hydrogen-bond donors (Lipinski definition) is 3. The van der Waals surface area contributed by atoms with Crippen LogP contribution in [0.25, 0.3) is 17.0 Å². The third kappa shape index (κ3) is 4.40. The Kier molecular flexibility index (Phi) is 7.28. The molecule has 0 saturated carbocycles. The summed E-state index contributed by atoms with van der Waals surface area (Å²) in [6.45, 7) is 3.90. The first-order valence-corrected chi connectivity index (χ1v) is 9.99. The molecule has 9 nitrogen and oxygen atoms in total. The standard InChI is InChI=1S/C22H20N4O5.2ClH/c27-18-5-4-15-21(28)19(31-22(15)16(18)12-25-8-6-23-7-9-25)10-13-11-24-20-14(13)2-1-3-17(20)26(29)30;;/h1-5,10-11,23-24,27H,6-9,12H2;2*1H/b19-10-;;. The van der Waals surface area contributed by atoms with E-state index in [0.29, 0.717) is 39.9 Å². The topological polar surface area (TPSA) is 121 Å². The Hall–Kier alpha value is -3.11. The summed E-state index contributed by atoms with van der Waals surface area (Å²) in [6, 6.07) is 7.87. The minimum absolute atomic E-state index is 0. The number of rotatable bonds is 4. The number of nitrogens with one attached hydrogen (secondary N) is 2. The number of hydrogen-bond acceptors (Lipinski definition) is 7. The number of halogens is 2. The van der Waals surface area contributed by atoms with Crippen LogP contribution in [0.4, 0.5) is 5.69 Å². The number of nitro groups is 1. The van der Waals surface area contributed by atoms with E-state index in [0.717, 1.165) is 26.2 Å². The fourth-order valence-corrected chi connectivity index (χ4v) is 4.12. The number of nitrogens with zero attached hydrogens (tertiary/aromatic N) is 2. The van der Waals surface area contributed by atoms with Crippen LogP contribution in [0.15, 0.2) is 42.3 Å². The highest BCUT2D eigenvalue weighted by Crippen LogP contribution is 2.40. The number of aromatic nitrogens is 1. The smallest absolute Gasteiger partial charge is 0.293 e. The van der Waals surface area contributed by atoms with Crippen molar-refractivity contribution in [2.24, 2.45) is 0 Å². The summed E-state index contributed by atoms with van der Waals surface area (Å²) in [4.78, 5) is 28.9. The van der Waals surface area contributed by atoms with Gasteiger partial charge in [0, 0.05) is 55.9 Å². The van der Waals surface area contributed by atoms with Gasteiger partial charge in [-0.3, -0.25) is 19.8 Å². The predicted octanol–water partition coefficient (Wildman–Crippen LogP) is 3.65. The molecule has 0 aliphatic carbocycles. The number of ketones is 1. The van der Waals surface area contributed by atoms with Crippen LogP contribution in [0.3, 0.4) is 0 Å². The number of para-hydroxylation sites is 1. The number of phenolic OH excluding ortho intramolecular Hbond substituents is 1. The zero-order valence-electron chi connectivity index (χ0n) is 17.4. The molecule has 174 valence electrons. The van der Waals surface area contributed by atoms with Crippen molar-refractivity contribution in [3.63, 3.8) is 0 Å². The van der Waals surface area contributed by atoms with E-state index < -0.39 is 4.92 Å². The highest BCUT2D eigenvalue weighted by Gasteiger charge is 2.32. The fraction of sp³-hybridized carbons (Fsp3) is 0.227. The highest BCUT2D eigenvalue weighted by molar-refractivity contribution is 6.15. The second kappa shape index (κ2) is 9.80. The van der Waals surface area contributed by atoms with E-state index in [-0.39, 0.29) is 47.8 Å². The van der Waals surface area contributed by atoms with Crippen molar-refractivity contribution in [3.8, 4) is 11.5 Å². The molecular formula is C22H22Cl2N4O5. The van der Waals surface area contributed by atoms with E-state index in [2.05, 4.69) is 15.2 Å². The van der Waals surface area contributed by atoms with Gasteiger partial charge in [-0.25, -0.2) is 0 Å². The summed E-state index contributed by atoms with van der Waals surface area (Å²) < 4.78 is 5.93. The molecule has 0 atom stereocenters. The molecule has 1 saturated heterocycles. The third-order valence-corrected chi connectivity index (χ3v) is 5.72. The van der Waals surface area contributed by atoms with E-state index in [1.165, 1.54) is 12.1 Å². The molecule has 1 aromatic heterocycles. The Bertz CT molecular complexity index is 1250. The number of allylic oxidation sites excluding steroid dienone is 1. The molecular weight excluding hydrogens is 471 g/mol. The summed E-state index contributed by atoms with van der Waals surface area (Å²) in [5.41, 5.74) is 1.96. The number of carbonyl (C=O) groups is 1. The number of ether oxygens (including phenoxy) is 1. The largest absolute Gasteiger partial charge is 0.507 e. The Balaban J connectivity index is 0.00000153. The average molecular weight is 493 g/mol. The normalized spacial score (nSPS) is 16.7. The molecule has 1 fully saturated rings. The molecule has 0 amide bonds. The maximum atomic E-state index is 13.0. The molecule has 3 aromatic rings. The Labute approximate surface area is 201 Å². The van der Waals surface area contributed by atoms with Gasteiger partial charge >= 0.3 is 0 Å². The lowest BCUT2D eigenvalue weighted by atomic mass is 10.0. The molecule has 3 heterocycles. The van der Waals surface area contributed by atoms with Crippen LogP contribution >= 0.6 is 24.8 Å². The van der Waals surface area contributed by atoms with Crippen molar-refractivity contribution < 1.29 is 19.6 Å². The van der Waals surface area contributed by atoms with Gasteiger partial charge < -0.3 is 20.1 Å². The van der Waals surface area contributed by atoms with Gasteiger partial charge in [0.25, 0.3) is 5.69 Å². The highest BCUT2D eigenvalue weighted by atomic mass is 35.5. The molecule has 0 bridgehead atoms. The van der Waals surface area contributed by atoms with Gasteiger partial charge in [-0.1, -0.05) is 12.1 Å². The number of fused-ring (bicyclic) bond motifs is 2. The first-order valence-electron chi connectivity index (χ1n) is 9.99. The lowest BCUT2D eigenvalue weighted by molar-refractivity contribution is -0.383. The van der Waals surface area contributed by atoms with Gasteiger partial charge in [0.15, 0.2) is 5.76 Å². The Morgan fingerprint density at radius 2 is 1.94 bits per heavy atom. The second-order valence-corrected chi connectivity index (χ2v) is 7.61. The number of phenols is 1. The summed E-state index contributed by atoms with van der Waals surface area (Å²) >= 11 is 0. The first kappa shape index (κ1) is 24.5. The quantitative estimate of drug-likeness (QED) is 0.288. The lowest BCUT2D eigenvalue weighted by Crippen LogP contribution is -2.42. The molecule has 33 heavy (non-hydrogen) atoms. The van der Waals surface area contributed by atoms with Crippen LogP contribution in [0, 0.1) is 10.1 Å². The molecule has 2 aliphatic heterocycles. The molecule has 2 aliphatic rings. The van der Waals surface area contributed by atoms with E-state index >= 15 is 0 Å². The maximum Gasteiger partial charge on any atom is 0.293 e. The number of aromatic amines is 1. The second-order valence-electron chi connectivity index (χ2n) is 7.61. The third-order valence-electron chi connectivity index (χ3n) is 5.72. The van der Waals surface area contributed by atoms with Crippen LogP contribution in [0.2, 0.25) is 0 Å². The molecule has 0 spiro atoms. The monoisotopic (exact) mass is 492 g/mol. The minimum atomic E-state index is -0.450. The predicted molar refractivity (Wildman–Crippen MR) is 129 cm³/mol. The van der Waals surface area contributed by atoms with Crippen LogP contribution in [0.1, 0.15) is 21.5 Å². The summed E-state index contributed by atoms with van der Waals surface area (Å²) in [5.74, 6) is 0.306. The van der Waals surface area contributed by atoms with Gasteiger partial charge in [-0.2, -0.15) is 0 Å². The van der Waals surface area contributed by atoms with E-state index in [9.17, 15) is 20.0 Å². The van der Waals surface area contributed by atoms with Crippen molar-refractivity contribution in [1.82, 2.24) is 15.2 Å². The number of nitro benzene ring substituents is 1. The van der Waals surface area contributed by atoms with Gasteiger partial charge in [-0.15, -0.1) is 24.8 Å². The van der Waals surface area contributed by atoms with E-state index in [1.807, 2.05) is 0 Å².